The van der Waals surface area contributed by atoms with Crippen LogP contribution in [0.4, 0.5) is 0 Å². The van der Waals surface area contributed by atoms with E-state index < -0.39 is 0 Å². The topological polar surface area (TPSA) is 14.2 Å². The summed E-state index contributed by atoms with van der Waals surface area (Å²) < 4.78 is 1.63. The molecule has 2 nitrogen and oxygen atoms in total. The third kappa shape index (κ3) is 1.96. The summed E-state index contributed by atoms with van der Waals surface area (Å²) in [5.41, 5.74) is 2.41. The third-order valence-electron chi connectivity index (χ3n) is 1.93. The largest absolute Gasteiger partial charge is 0.376 e. The molecule has 14 heavy (non-hydrogen) atoms. The molecular weight excluding hydrogens is 174 g/mol. The van der Waals surface area contributed by atoms with Crippen LogP contribution in [0.3, 0.4) is 0 Å². The van der Waals surface area contributed by atoms with Gasteiger partial charge in [0.25, 0.3) is 0 Å². The van der Waals surface area contributed by atoms with Gasteiger partial charge in [-0.25, -0.2) is 0 Å². The second kappa shape index (κ2) is 3.58. The SMILES string of the molecule is Cc1cc(C)cc(On2c[c]cc2)c1. The second-order valence-electron chi connectivity index (χ2n) is 3.39. The maximum atomic E-state index is 5.57. The number of aromatic nitrogens is 1. The van der Waals surface area contributed by atoms with E-state index in [1.165, 1.54) is 11.1 Å². The molecule has 2 aromatic rings. The van der Waals surface area contributed by atoms with E-state index in [1.807, 2.05) is 24.4 Å². The zero-order valence-corrected chi connectivity index (χ0v) is 8.32. The molecule has 0 aliphatic heterocycles. The highest BCUT2D eigenvalue weighted by atomic mass is 16.7. The van der Waals surface area contributed by atoms with Crippen molar-refractivity contribution < 1.29 is 4.84 Å². The summed E-state index contributed by atoms with van der Waals surface area (Å²) >= 11 is 0. The Morgan fingerprint density at radius 1 is 1.14 bits per heavy atom. The maximum Gasteiger partial charge on any atom is 0.156 e. The molecule has 0 aliphatic rings. The number of nitrogens with zero attached hydrogens (tertiary/aromatic N) is 1. The fourth-order valence-corrected chi connectivity index (χ4v) is 1.44. The summed E-state index contributed by atoms with van der Waals surface area (Å²) in [4.78, 5) is 5.57. The standard InChI is InChI=1S/C12H12NO/c1-10-7-11(2)9-12(8-10)14-13-5-3-4-6-13/h3,5-9H,1-2H3. The highest BCUT2D eigenvalue weighted by Crippen LogP contribution is 2.16. The van der Waals surface area contributed by atoms with Gasteiger partial charge in [0.05, 0.1) is 6.20 Å². The lowest BCUT2D eigenvalue weighted by atomic mass is 10.1. The van der Waals surface area contributed by atoms with Crippen LogP contribution in [0.25, 0.3) is 0 Å². The van der Waals surface area contributed by atoms with E-state index in [2.05, 4.69) is 26.0 Å². The van der Waals surface area contributed by atoms with E-state index in [9.17, 15) is 0 Å². The van der Waals surface area contributed by atoms with Gasteiger partial charge in [-0.1, -0.05) is 6.07 Å². The number of rotatable bonds is 2. The van der Waals surface area contributed by atoms with Gasteiger partial charge in [-0.3, -0.25) is 0 Å². The summed E-state index contributed by atoms with van der Waals surface area (Å²) in [5.74, 6) is 0.854. The van der Waals surface area contributed by atoms with Crippen molar-refractivity contribution in [2.45, 2.75) is 13.8 Å². The predicted octanol–water partition coefficient (Wildman–Crippen LogP) is 2.75. The third-order valence-corrected chi connectivity index (χ3v) is 1.93. The average Bonchev–Trinajstić information content (AvgIpc) is 2.54. The van der Waals surface area contributed by atoms with Crippen LogP contribution in [-0.4, -0.2) is 4.73 Å². The van der Waals surface area contributed by atoms with Gasteiger partial charge in [-0.05, 0) is 43.2 Å². The number of hydrogen-bond acceptors (Lipinski definition) is 1. The smallest absolute Gasteiger partial charge is 0.156 e. The van der Waals surface area contributed by atoms with Crippen molar-refractivity contribution in [3.05, 3.63) is 53.9 Å². The Kier molecular flexibility index (Phi) is 2.27. The van der Waals surface area contributed by atoms with Crippen LogP contribution >= 0.6 is 0 Å². The summed E-state index contributed by atoms with van der Waals surface area (Å²) in [5, 5.41) is 0. The Morgan fingerprint density at radius 2 is 1.86 bits per heavy atom. The molecule has 0 bridgehead atoms. The molecule has 0 amide bonds. The maximum absolute atomic E-state index is 5.57. The van der Waals surface area contributed by atoms with Gasteiger partial charge in [0.15, 0.2) is 5.75 Å². The molecule has 2 rings (SSSR count). The van der Waals surface area contributed by atoms with Crippen LogP contribution in [-0.2, 0) is 0 Å². The molecule has 71 valence electrons. The van der Waals surface area contributed by atoms with E-state index in [-0.39, 0.29) is 0 Å². The first-order chi connectivity index (χ1) is 6.74. The molecule has 2 heteroatoms. The highest BCUT2D eigenvalue weighted by Gasteiger charge is 1.97. The zero-order chi connectivity index (χ0) is 9.97. The molecule has 0 fully saturated rings. The summed E-state index contributed by atoms with van der Waals surface area (Å²) in [6.07, 6.45) is 3.56. The molecule has 1 heterocycles. The summed E-state index contributed by atoms with van der Waals surface area (Å²) in [6, 6.07) is 10.9. The Hall–Kier alpha value is -1.70. The van der Waals surface area contributed by atoms with Crippen LogP contribution < -0.4 is 4.84 Å². The van der Waals surface area contributed by atoms with Gasteiger partial charge in [0.2, 0.25) is 0 Å². The van der Waals surface area contributed by atoms with E-state index in [1.54, 1.807) is 10.9 Å². The molecule has 0 unspecified atom stereocenters. The normalized spacial score (nSPS) is 10.1. The number of aryl methyl sites for hydroxylation is 2. The van der Waals surface area contributed by atoms with Crippen molar-refractivity contribution in [2.24, 2.45) is 0 Å². The van der Waals surface area contributed by atoms with Gasteiger partial charge in [0.1, 0.15) is 0 Å². The van der Waals surface area contributed by atoms with Gasteiger partial charge in [-0.2, -0.15) is 4.73 Å². The number of benzene rings is 1. The van der Waals surface area contributed by atoms with Crippen LogP contribution in [0, 0.1) is 19.9 Å². The minimum absolute atomic E-state index is 0.854. The van der Waals surface area contributed by atoms with Gasteiger partial charge >= 0.3 is 0 Å². The first-order valence-corrected chi connectivity index (χ1v) is 4.55. The quantitative estimate of drug-likeness (QED) is 0.703. The molecule has 1 aromatic carbocycles. The first kappa shape index (κ1) is 8.88. The van der Waals surface area contributed by atoms with Crippen molar-refractivity contribution in [1.82, 2.24) is 4.73 Å². The van der Waals surface area contributed by atoms with Crippen LogP contribution in [0.1, 0.15) is 11.1 Å². The molecular formula is C12H12NO. The van der Waals surface area contributed by atoms with Crippen LogP contribution in [0.15, 0.2) is 36.7 Å². The second-order valence-corrected chi connectivity index (χ2v) is 3.39. The van der Waals surface area contributed by atoms with Crippen LogP contribution in [0.2, 0.25) is 0 Å². The van der Waals surface area contributed by atoms with Crippen molar-refractivity contribution in [3.63, 3.8) is 0 Å². The molecule has 1 radical (unpaired) electrons. The fourth-order valence-electron chi connectivity index (χ4n) is 1.44. The lowest BCUT2D eigenvalue weighted by molar-refractivity contribution is 0.216. The molecule has 1 aromatic heterocycles. The monoisotopic (exact) mass is 186 g/mol. The molecule has 0 saturated heterocycles. The van der Waals surface area contributed by atoms with Gasteiger partial charge in [0, 0.05) is 12.3 Å². The van der Waals surface area contributed by atoms with Gasteiger partial charge in [-0.15, -0.1) is 0 Å². The minimum atomic E-state index is 0.854. The van der Waals surface area contributed by atoms with Gasteiger partial charge < -0.3 is 4.84 Å². The van der Waals surface area contributed by atoms with E-state index in [0.717, 1.165) is 5.75 Å². The summed E-state index contributed by atoms with van der Waals surface area (Å²) in [7, 11) is 0. The highest BCUT2D eigenvalue weighted by molar-refractivity contribution is 5.32. The predicted molar refractivity (Wildman–Crippen MR) is 55.2 cm³/mol. The molecule has 0 N–H and O–H groups in total. The molecule has 0 aliphatic carbocycles. The number of hydrogen-bond donors (Lipinski definition) is 0. The average molecular weight is 186 g/mol. The van der Waals surface area contributed by atoms with Crippen molar-refractivity contribution in [1.29, 1.82) is 0 Å². The lowest BCUT2D eigenvalue weighted by Crippen LogP contribution is -2.01. The fraction of sp³-hybridized carbons (Fsp3) is 0.167. The Bertz CT molecular complexity index is 398. The first-order valence-electron chi connectivity index (χ1n) is 4.55. The zero-order valence-electron chi connectivity index (χ0n) is 8.32. The van der Waals surface area contributed by atoms with Crippen LogP contribution in [0.5, 0.6) is 5.75 Å². The van der Waals surface area contributed by atoms with E-state index in [4.69, 9.17) is 4.84 Å². The van der Waals surface area contributed by atoms with Crippen molar-refractivity contribution in [2.75, 3.05) is 0 Å². The molecule has 0 saturated carbocycles. The Morgan fingerprint density at radius 3 is 2.43 bits per heavy atom. The summed E-state index contributed by atoms with van der Waals surface area (Å²) in [6.45, 7) is 4.11. The molecule has 0 atom stereocenters. The lowest BCUT2D eigenvalue weighted by Gasteiger charge is -2.07. The van der Waals surface area contributed by atoms with E-state index in [0.29, 0.717) is 0 Å². The Balaban J connectivity index is 2.25. The minimum Gasteiger partial charge on any atom is -0.376 e. The molecule has 0 spiro atoms. The Labute approximate surface area is 83.7 Å². The van der Waals surface area contributed by atoms with Crippen molar-refractivity contribution >= 4 is 0 Å². The van der Waals surface area contributed by atoms with Crippen molar-refractivity contribution in [3.8, 4) is 5.75 Å². The van der Waals surface area contributed by atoms with E-state index >= 15 is 0 Å².